The largest absolute Gasteiger partial charge is 0.486 e. The van der Waals surface area contributed by atoms with Gasteiger partial charge in [0.25, 0.3) is 0 Å². The number of hydrogen-bond acceptors (Lipinski definition) is 4. The van der Waals surface area contributed by atoms with Crippen LogP contribution in [0.4, 0.5) is 0 Å². The molecule has 1 fully saturated rings. The molecule has 1 aliphatic rings. The molecule has 2 aromatic carbocycles. The van der Waals surface area contributed by atoms with E-state index in [1.165, 1.54) is 12.8 Å². The van der Waals surface area contributed by atoms with Crippen LogP contribution in [-0.4, -0.2) is 10.1 Å². The van der Waals surface area contributed by atoms with Crippen LogP contribution >= 0.6 is 0 Å². The first-order valence-electron chi connectivity index (χ1n) is 8.95. The molecule has 4 rings (SSSR count). The molecule has 3 aromatic rings. The molecule has 0 bridgehead atoms. The molecule has 0 amide bonds. The SMILES string of the molecule is CC(Oc1cccc(-c2noc(C3CCCC3)n2)c1)c1ccccc1. The molecule has 4 heteroatoms. The van der Waals surface area contributed by atoms with Crippen molar-refractivity contribution in [2.45, 2.75) is 44.6 Å². The van der Waals surface area contributed by atoms with E-state index in [1.54, 1.807) is 0 Å². The third kappa shape index (κ3) is 3.58. The summed E-state index contributed by atoms with van der Waals surface area (Å²) >= 11 is 0. The highest BCUT2D eigenvalue weighted by Gasteiger charge is 2.23. The van der Waals surface area contributed by atoms with Gasteiger partial charge in [0.2, 0.25) is 11.7 Å². The summed E-state index contributed by atoms with van der Waals surface area (Å²) in [4.78, 5) is 4.61. The van der Waals surface area contributed by atoms with E-state index in [4.69, 9.17) is 9.26 Å². The summed E-state index contributed by atoms with van der Waals surface area (Å²) < 4.78 is 11.6. The van der Waals surface area contributed by atoms with Crippen LogP contribution in [0.1, 0.15) is 56.1 Å². The average molecular weight is 334 g/mol. The molecular weight excluding hydrogens is 312 g/mol. The third-order valence-electron chi connectivity index (χ3n) is 4.82. The topological polar surface area (TPSA) is 48.2 Å². The monoisotopic (exact) mass is 334 g/mol. The molecular formula is C21H22N2O2. The van der Waals surface area contributed by atoms with Crippen molar-refractivity contribution in [3.63, 3.8) is 0 Å². The van der Waals surface area contributed by atoms with Gasteiger partial charge < -0.3 is 9.26 Å². The molecule has 1 aromatic heterocycles. The first-order chi connectivity index (χ1) is 12.3. The first-order valence-corrected chi connectivity index (χ1v) is 8.95. The van der Waals surface area contributed by atoms with E-state index < -0.39 is 0 Å². The minimum Gasteiger partial charge on any atom is -0.486 e. The summed E-state index contributed by atoms with van der Waals surface area (Å²) in [5, 5.41) is 4.17. The van der Waals surface area contributed by atoms with Gasteiger partial charge in [-0.25, -0.2) is 0 Å². The van der Waals surface area contributed by atoms with Gasteiger partial charge in [-0.1, -0.05) is 60.5 Å². The molecule has 128 valence electrons. The van der Waals surface area contributed by atoms with Crippen molar-refractivity contribution in [1.82, 2.24) is 10.1 Å². The second-order valence-electron chi connectivity index (χ2n) is 6.64. The van der Waals surface area contributed by atoms with Crippen molar-refractivity contribution in [1.29, 1.82) is 0 Å². The van der Waals surface area contributed by atoms with E-state index in [2.05, 4.69) is 29.2 Å². The molecule has 0 spiro atoms. The van der Waals surface area contributed by atoms with Crippen molar-refractivity contribution in [3.8, 4) is 17.1 Å². The lowest BCUT2D eigenvalue weighted by molar-refractivity contribution is 0.227. The van der Waals surface area contributed by atoms with Crippen LogP contribution in [0.5, 0.6) is 5.75 Å². The van der Waals surface area contributed by atoms with Gasteiger partial charge in [0.1, 0.15) is 11.9 Å². The van der Waals surface area contributed by atoms with Crippen molar-refractivity contribution >= 4 is 0 Å². The average Bonchev–Trinajstić information content (AvgIpc) is 3.34. The fourth-order valence-corrected chi connectivity index (χ4v) is 3.40. The summed E-state index contributed by atoms with van der Waals surface area (Å²) in [7, 11) is 0. The minimum atomic E-state index is -0.0178. The Labute approximate surface area is 147 Å². The van der Waals surface area contributed by atoms with E-state index in [9.17, 15) is 0 Å². The highest BCUT2D eigenvalue weighted by molar-refractivity contribution is 5.57. The van der Waals surface area contributed by atoms with Crippen molar-refractivity contribution in [2.24, 2.45) is 0 Å². The van der Waals surface area contributed by atoms with Gasteiger partial charge >= 0.3 is 0 Å². The van der Waals surface area contributed by atoms with Crippen molar-refractivity contribution in [3.05, 3.63) is 66.1 Å². The first kappa shape index (κ1) is 15.9. The summed E-state index contributed by atoms with van der Waals surface area (Å²) in [6.07, 6.45) is 4.79. The van der Waals surface area contributed by atoms with Crippen molar-refractivity contribution in [2.75, 3.05) is 0 Å². The second-order valence-corrected chi connectivity index (χ2v) is 6.64. The molecule has 1 atom stereocenters. The fourth-order valence-electron chi connectivity index (χ4n) is 3.40. The van der Waals surface area contributed by atoms with Crippen molar-refractivity contribution < 1.29 is 9.26 Å². The maximum Gasteiger partial charge on any atom is 0.230 e. The summed E-state index contributed by atoms with van der Waals surface area (Å²) in [6.45, 7) is 2.05. The number of benzene rings is 2. The Bertz CT molecular complexity index is 823. The Hall–Kier alpha value is -2.62. The van der Waals surface area contributed by atoms with Crippen LogP contribution in [-0.2, 0) is 0 Å². The van der Waals surface area contributed by atoms with Gasteiger partial charge in [0.05, 0.1) is 0 Å². The van der Waals surface area contributed by atoms with Gasteiger partial charge in [-0.05, 0) is 37.5 Å². The van der Waals surface area contributed by atoms with Gasteiger partial charge in [-0.3, -0.25) is 0 Å². The summed E-state index contributed by atoms with van der Waals surface area (Å²) in [5.41, 5.74) is 2.07. The molecule has 1 heterocycles. The third-order valence-corrected chi connectivity index (χ3v) is 4.82. The molecule has 0 aliphatic heterocycles. The Morgan fingerprint density at radius 1 is 1.04 bits per heavy atom. The molecule has 0 saturated heterocycles. The highest BCUT2D eigenvalue weighted by atomic mass is 16.5. The molecule has 25 heavy (non-hydrogen) atoms. The summed E-state index contributed by atoms with van der Waals surface area (Å²) in [6, 6.07) is 18.1. The lowest BCUT2D eigenvalue weighted by atomic mass is 10.1. The maximum atomic E-state index is 6.08. The normalized spacial score (nSPS) is 16.0. The van der Waals surface area contributed by atoms with E-state index in [0.717, 1.165) is 35.6 Å². The molecule has 1 saturated carbocycles. The standard InChI is InChI=1S/C21H22N2O2/c1-15(16-8-3-2-4-9-16)24-19-13-7-12-18(14-19)20-22-21(25-23-20)17-10-5-6-11-17/h2-4,7-9,12-15,17H,5-6,10-11H2,1H3. The lowest BCUT2D eigenvalue weighted by Gasteiger charge is -2.15. The van der Waals surface area contributed by atoms with Gasteiger partial charge in [0, 0.05) is 11.5 Å². The van der Waals surface area contributed by atoms with Crippen LogP contribution in [0, 0.1) is 0 Å². The predicted octanol–water partition coefficient (Wildman–Crippen LogP) is 5.53. The van der Waals surface area contributed by atoms with Gasteiger partial charge in [0.15, 0.2) is 0 Å². The van der Waals surface area contributed by atoms with Gasteiger partial charge in [-0.15, -0.1) is 0 Å². The Morgan fingerprint density at radius 2 is 1.84 bits per heavy atom. The van der Waals surface area contributed by atoms with Crippen LogP contribution in [0.15, 0.2) is 59.1 Å². The Morgan fingerprint density at radius 3 is 2.64 bits per heavy atom. The number of nitrogens with zero attached hydrogens (tertiary/aromatic N) is 2. The van der Waals surface area contributed by atoms with Crippen LogP contribution in [0.25, 0.3) is 11.4 Å². The molecule has 0 N–H and O–H groups in total. The number of ether oxygens (including phenoxy) is 1. The smallest absolute Gasteiger partial charge is 0.230 e. The summed E-state index contributed by atoms with van der Waals surface area (Å²) in [5.74, 6) is 2.65. The van der Waals surface area contributed by atoms with E-state index in [1.807, 2.05) is 42.5 Å². The second kappa shape index (κ2) is 7.09. The van der Waals surface area contributed by atoms with Crippen LogP contribution in [0.2, 0.25) is 0 Å². The highest BCUT2D eigenvalue weighted by Crippen LogP contribution is 2.34. The van der Waals surface area contributed by atoms with Crippen LogP contribution < -0.4 is 4.74 Å². The zero-order chi connectivity index (χ0) is 17.1. The zero-order valence-electron chi connectivity index (χ0n) is 14.4. The van der Waals surface area contributed by atoms with E-state index in [-0.39, 0.29) is 6.10 Å². The number of rotatable bonds is 5. The predicted molar refractivity (Wildman–Crippen MR) is 96.4 cm³/mol. The lowest BCUT2D eigenvalue weighted by Crippen LogP contribution is -2.02. The van der Waals surface area contributed by atoms with E-state index in [0.29, 0.717) is 11.7 Å². The Kier molecular flexibility index (Phi) is 4.51. The zero-order valence-corrected chi connectivity index (χ0v) is 14.4. The molecule has 1 unspecified atom stereocenters. The van der Waals surface area contributed by atoms with Gasteiger partial charge in [-0.2, -0.15) is 4.98 Å². The Balaban J connectivity index is 1.51. The maximum absolute atomic E-state index is 6.08. The fraction of sp³-hybridized carbons (Fsp3) is 0.333. The molecule has 4 nitrogen and oxygen atoms in total. The molecule has 0 radical (unpaired) electrons. The minimum absolute atomic E-state index is 0.0178. The number of hydrogen-bond donors (Lipinski definition) is 0. The molecule has 1 aliphatic carbocycles. The number of aromatic nitrogens is 2. The van der Waals surface area contributed by atoms with Crippen LogP contribution in [0.3, 0.4) is 0 Å². The quantitative estimate of drug-likeness (QED) is 0.615. The van der Waals surface area contributed by atoms with E-state index >= 15 is 0 Å².